The smallest absolute Gasteiger partial charge is 0.344 e. The van der Waals surface area contributed by atoms with Gasteiger partial charge in [0.1, 0.15) is 0 Å². The molecule has 0 saturated carbocycles. The van der Waals surface area contributed by atoms with Crippen molar-refractivity contribution in [2.45, 2.75) is 32.0 Å². The molecule has 0 amide bonds. The molecule has 3 rings (SSSR count). The van der Waals surface area contributed by atoms with E-state index < -0.39 is 23.5 Å². The number of ketones is 1. The summed E-state index contributed by atoms with van der Waals surface area (Å²) in [4.78, 5) is 24.6. The van der Waals surface area contributed by atoms with Crippen LogP contribution in [-0.4, -0.2) is 23.0 Å². The molecule has 1 fully saturated rings. The molecule has 1 aliphatic rings. The highest BCUT2D eigenvalue weighted by atomic mass is 16.6. The first-order valence-corrected chi connectivity index (χ1v) is 8.05. The van der Waals surface area contributed by atoms with Gasteiger partial charge in [0.15, 0.2) is 0 Å². The van der Waals surface area contributed by atoms with Crippen LogP contribution in [0, 0.1) is 5.92 Å². The van der Waals surface area contributed by atoms with Crippen molar-refractivity contribution in [3.05, 3.63) is 71.3 Å². The first-order valence-electron chi connectivity index (χ1n) is 8.05. The fourth-order valence-electron chi connectivity index (χ4n) is 3.15. The zero-order valence-corrected chi connectivity index (χ0v) is 13.7. The fraction of sp³-hybridized carbons (Fsp3) is 0.300. The summed E-state index contributed by atoms with van der Waals surface area (Å²) in [5.74, 6) is -1.03. The molecule has 1 aliphatic heterocycles. The molecule has 4 nitrogen and oxygen atoms in total. The number of carbonyl (C=O) groups excluding carboxylic acids is 2. The number of benzene rings is 2. The van der Waals surface area contributed by atoms with E-state index in [0.717, 1.165) is 12.0 Å². The molecule has 0 spiro atoms. The summed E-state index contributed by atoms with van der Waals surface area (Å²) in [6, 6.07) is 16.3. The van der Waals surface area contributed by atoms with E-state index in [1.807, 2.05) is 18.2 Å². The average Bonchev–Trinajstić information content (AvgIpc) is 2.81. The Balaban J connectivity index is 2.10. The Morgan fingerprint density at radius 2 is 1.58 bits per heavy atom. The van der Waals surface area contributed by atoms with Crippen LogP contribution < -0.4 is 0 Å². The molecule has 1 saturated heterocycles. The average molecular weight is 324 g/mol. The van der Waals surface area contributed by atoms with Crippen molar-refractivity contribution < 1.29 is 19.4 Å². The minimum atomic E-state index is -1.75. The molecule has 1 N–H and O–H groups in total. The second-order valence-electron chi connectivity index (χ2n) is 6.53. The van der Waals surface area contributed by atoms with Crippen molar-refractivity contribution in [2.75, 3.05) is 0 Å². The van der Waals surface area contributed by atoms with Gasteiger partial charge in [-0.2, -0.15) is 0 Å². The predicted molar refractivity (Wildman–Crippen MR) is 89.3 cm³/mol. The van der Waals surface area contributed by atoms with Crippen molar-refractivity contribution in [3.63, 3.8) is 0 Å². The van der Waals surface area contributed by atoms with Crippen molar-refractivity contribution in [1.82, 2.24) is 0 Å². The minimum absolute atomic E-state index is 0.520. The SMILES string of the molecule is CC(C)Cc1ccc(C2(c3ccccc3)OC(=O)C(O)C2=O)cc1. The Kier molecular flexibility index (Phi) is 4.24. The quantitative estimate of drug-likeness (QED) is 0.693. The Morgan fingerprint density at radius 1 is 1.00 bits per heavy atom. The highest BCUT2D eigenvalue weighted by Gasteiger charge is 2.57. The molecule has 1 heterocycles. The number of hydrogen-bond donors (Lipinski definition) is 1. The molecule has 24 heavy (non-hydrogen) atoms. The number of Topliss-reactive ketones (excluding diaryl/α,β-unsaturated/α-hetero) is 1. The highest BCUT2D eigenvalue weighted by molar-refractivity contribution is 6.13. The summed E-state index contributed by atoms with van der Waals surface area (Å²) in [6.45, 7) is 4.27. The molecule has 2 aromatic carbocycles. The van der Waals surface area contributed by atoms with E-state index in [4.69, 9.17) is 4.74 Å². The van der Waals surface area contributed by atoms with E-state index in [9.17, 15) is 14.7 Å². The number of carbonyl (C=O) groups is 2. The normalized spacial score (nSPS) is 23.6. The monoisotopic (exact) mass is 324 g/mol. The number of rotatable bonds is 4. The van der Waals surface area contributed by atoms with Crippen molar-refractivity contribution in [3.8, 4) is 0 Å². The maximum atomic E-state index is 12.7. The van der Waals surface area contributed by atoms with Crippen LogP contribution in [-0.2, 0) is 26.3 Å². The minimum Gasteiger partial charge on any atom is -0.439 e. The topological polar surface area (TPSA) is 63.6 Å². The van der Waals surface area contributed by atoms with Crippen LogP contribution in [0.3, 0.4) is 0 Å². The van der Waals surface area contributed by atoms with Gasteiger partial charge in [-0.05, 0) is 17.9 Å². The van der Waals surface area contributed by atoms with E-state index in [0.29, 0.717) is 17.0 Å². The number of aliphatic hydroxyl groups is 1. The lowest BCUT2D eigenvalue weighted by Gasteiger charge is -2.27. The van der Waals surface area contributed by atoms with E-state index >= 15 is 0 Å². The maximum Gasteiger partial charge on any atom is 0.344 e. The van der Waals surface area contributed by atoms with E-state index in [2.05, 4.69) is 13.8 Å². The van der Waals surface area contributed by atoms with E-state index in [1.54, 1.807) is 36.4 Å². The predicted octanol–water partition coefficient (Wildman–Crippen LogP) is 2.62. The number of cyclic esters (lactones) is 1. The Labute approximate surface area is 141 Å². The van der Waals surface area contributed by atoms with Crippen LogP contribution in [0.5, 0.6) is 0 Å². The van der Waals surface area contributed by atoms with E-state index in [1.165, 1.54) is 0 Å². The van der Waals surface area contributed by atoms with E-state index in [-0.39, 0.29) is 0 Å². The van der Waals surface area contributed by atoms with Gasteiger partial charge in [0, 0.05) is 11.1 Å². The molecular weight excluding hydrogens is 304 g/mol. The van der Waals surface area contributed by atoms with Crippen LogP contribution >= 0.6 is 0 Å². The third-order valence-electron chi connectivity index (χ3n) is 4.26. The molecule has 0 aromatic heterocycles. The zero-order chi connectivity index (χ0) is 17.3. The van der Waals surface area contributed by atoms with Crippen LogP contribution in [0.2, 0.25) is 0 Å². The van der Waals surface area contributed by atoms with Gasteiger partial charge in [-0.1, -0.05) is 68.4 Å². The summed E-state index contributed by atoms with van der Waals surface area (Å²) in [5, 5.41) is 9.87. The largest absolute Gasteiger partial charge is 0.439 e. The first kappa shape index (κ1) is 16.4. The third-order valence-corrected chi connectivity index (χ3v) is 4.26. The standard InChI is InChI=1S/C20H20O4/c1-13(2)12-14-8-10-16(11-9-14)20(15-6-4-3-5-7-15)18(22)17(21)19(23)24-20/h3-11,13,17,21H,12H2,1-2H3. The molecule has 124 valence electrons. The van der Waals surface area contributed by atoms with Crippen molar-refractivity contribution in [2.24, 2.45) is 5.92 Å². The van der Waals surface area contributed by atoms with Crippen molar-refractivity contribution >= 4 is 11.8 Å². The number of aliphatic hydroxyl groups excluding tert-OH is 1. The molecule has 2 atom stereocenters. The number of hydrogen-bond acceptors (Lipinski definition) is 4. The maximum absolute atomic E-state index is 12.7. The molecule has 4 heteroatoms. The lowest BCUT2D eigenvalue weighted by molar-refractivity contribution is -0.151. The number of esters is 1. The first-order chi connectivity index (χ1) is 11.4. The fourth-order valence-corrected chi connectivity index (χ4v) is 3.15. The second kappa shape index (κ2) is 6.21. The van der Waals surface area contributed by atoms with Gasteiger partial charge in [-0.25, -0.2) is 4.79 Å². The summed E-state index contributed by atoms with van der Waals surface area (Å²) >= 11 is 0. The summed E-state index contributed by atoms with van der Waals surface area (Å²) in [5.41, 5.74) is 0.663. The lowest BCUT2D eigenvalue weighted by Crippen LogP contribution is -2.37. The van der Waals surface area contributed by atoms with Gasteiger partial charge in [-0.15, -0.1) is 0 Å². The van der Waals surface area contributed by atoms with Crippen LogP contribution in [0.15, 0.2) is 54.6 Å². The summed E-state index contributed by atoms with van der Waals surface area (Å²) in [7, 11) is 0. The molecule has 0 radical (unpaired) electrons. The van der Waals surface area contributed by atoms with Crippen LogP contribution in [0.1, 0.15) is 30.5 Å². The Bertz CT molecular complexity index is 749. The van der Waals surface area contributed by atoms with Gasteiger partial charge >= 0.3 is 5.97 Å². The van der Waals surface area contributed by atoms with Gasteiger partial charge in [0.25, 0.3) is 0 Å². The zero-order valence-electron chi connectivity index (χ0n) is 13.7. The third kappa shape index (κ3) is 2.63. The summed E-state index contributed by atoms with van der Waals surface area (Å²) in [6.07, 6.45) is -0.824. The van der Waals surface area contributed by atoms with Crippen LogP contribution in [0.4, 0.5) is 0 Å². The summed E-state index contributed by atoms with van der Waals surface area (Å²) < 4.78 is 5.43. The lowest BCUT2D eigenvalue weighted by atomic mass is 9.82. The highest BCUT2D eigenvalue weighted by Crippen LogP contribution is 2.40. The van der Waals surface area contributed by atoms with Crippen molar-refractivity contribution in [1.29, 1.82) is 0 Å². The van der Waals surface area contributed by atoms with Crippen LogP contribution in [0.25, 0.3) is 0 Å². The van der Waals surface area contributed by atoms with Gasteiger partial charge < -0.3 is 9.84 Å². The second-order valence-corrected chi connectivity index (χ2v) is 6.53. The molecule has 2 unspecified atom stereocenters. The molecule has 0 aliphatic carbocycles. The molecule has 2 aromatic rings. The molecular formula is C20H20O4. The number of ether oxygens (including phenoxy) is 1. The van der Waals surface area contributed by atoms with Gasteiger partial charge in [0.05, 0.1) is 0 Å². The van der Waals surface area contributed by atoms with Gasteiger partial charge in [0.2, 0.25) is 17.5 Å². The Morgan fingerprint density at radius 3 is 2.08 bits per heavy atom. The molecule has 0 bridgehead atoms. The van der Waals surface area contributed by atoms with Gasteiger partial charge in [-0.3, -0.25) is 4.79 Å². The Hall–Kier alpha value is -2.46.